The van der Waals surface area contributed by atoms with Gasteiger partial charge in [-0.25, -0.2) is 0 Å². The first-order chi connectivity index (χ1) is 7.84. The minimum absolute atomic E-state index is 0.166. The average molecular weight is 212 g/mol. The van der Waals surface area contributed by atoms with Crippen LogP contribution in [-0.2, 0) is 0 Å². The summed E-state index contributed by atoms with van der Waals surface area (Å²) in [4.78, 5) is 15.8. The number of para-hydroxylation sites is 1. The number of pyridine rings is 1. The van der Waals surface area contributed by atoms with E-state index >= 15 is 0 Å². The van der Waals surface area contributed by atoms with Gasteiger partial charge in [-0.15, -0.1) is 0 Å². The predicted octanol–water partition coefficient (Wildman–Crippen LogP) is 2.44. The summed E-state index contributed by atoms with van der Waals surface area (Å²) in [6.07, 6.45) is 3.19. The number of amides is 1. The smallest absolute Gasteiger partial charge is 0.259 e. The molecule has 1 aromatic carbocycles. The van der Waals surface area contributed by atoms with Crippen LogP contribution in [0.25, 0.3) is 0 Å². The number of fused-ring (bicyclic) bond motifs is 2. The Labute approximate surface area is 91.9 Å². The number of nitrogens with zero attached hydrogens (tertiary/aromatic N) is 1. The molecule has 0 radical (unpaired) electrons. The molecule has 4 heteroatoms. The molecule has 3 rings (SSSR count). The van der Waals surface area contributed by atoms with Crippen molar-refractivity contribution in [3.8, 4) is 11.5 Å². The standard InChI is InChI=1S/C12H8N2O2/c15-12-8-3-1-2-4-10(8)16-11-7-13-6-5-9(11)14-12/h1-7H,(H,14,15). The zero-order valence-electron chi connectivity index (χ0n) is 8.31. The Morgan fingerprint density at radius 1 is 1.12 bits per heavy atom. The van der Waals surface area contributed by atoms with Crippen LogP contribution in [0, 0.1) is 0 Å². The van der Waals surface area contributed by atoms with Gasteiger partial charge in [0, 0.05) is 6.20 Å². The number of anilines is 1. The second-order valence-electron chi connectivity index (χ2n) is 3.42. The molecule has 0 saturated heterocycles. The Hall–Kier alpha value is -2.36. The topological polar surface area (TPSA) is 51.2 Å². The summed E-state index contributed by atoms with van der Waals surface area (Å²) < 4.78 is 5.63. The maximum Gasteiger partial charge on any atom is 0.259 e. The highest BCUT2D eigenvalue weighted by Gasteiger charge is 2.19. The molecule has 1 N–H and O–H groups in total. The quantitative estimate of drug-likeness (QED) is 0.729. The van der Waals surface area contributed by atoms with Crippen LogP contribution in [0.2, 0.25) is 0 Å². The Balaban J connectivity index is 2.18. The van der Waals surface area contributed by atoms with Crippen LogP contribution < -0.4 is 10.1 Å². The summed E-state index contributed by atoms with van der Waals surface area (Å²) in [5.41, 5.74) is 1.16. The first-order valence-electron chi connectivity index (χ1n) is 4.87. The molecule has 4 nitrogen and oxygen atoms in total. The van der Waals surface area contributed by atoms with Crippen molar-refractivity contribution in [3.05, 3.63) is 48.3 Å². The molecule has 0 fully saturated rings. The first-order valence-corrected chi connectivity index (χ1v) is 4.87. The molecule has 0 atom stereocenters. The number of carbonyl (C=O) groups excluding carboxylic acids is 1. The molecule has 1 aliphatic heterocycles. The van der Waals surface area contributed by atoms with Crippen molar-refractivity contribution in [2.24, 2.45) is 0 Å². The van der Waals surface area contributed by atoms with E-state index in [2.05, 4.69) is 10.3 Å². The van der Waals surface area contributed by atoms with Crippen molar-refractivity contribution < 1.29 is 9.53 Å². The summed E-state index contributed by atoms with van der Waals surface area (Å²) in [7, 11) is 0. The number of hydrogen-bond donors (Lipinski definition) is 1. The molecule has 0 spiro atoms. The molecule has 0 bridgehead atoms. The van der Waals surface area contributed by atoms with Gasteiger partial charge in [0.05, 0.1) is 17.4 Å². The number of aromatic nitrogens is 1. The van der Waals surface area contributed by atoms with E-state index in [1.54, 1.807) is 36.7 Å². The van der Waals surface area contributed by atoms with E-state index in [9.17, 15) is 4.79 Å². The number of benzene rings is 1. The zero-order chi connectivity index (χ0) is 11.0. The van der Waals surface area contributed by atoms with E-state index in [1.807, 2.05) is 6.07 Å². The van der Waals surface area contributed by atoms with E-state index in [1.165, 1.54) is 0 Å². The van der Waals surface area contributed by atoms with Crippen LogP contribution in [0.5, 0.6) is 11.5 Å². The molecule has 1 aromatic heterocycles. The van der Waals surface area contributed by atoms with Gasteiger partial charge < -0.3 is 10.1 Å². The molecule has 1 amide bonds. The van der Waals surface area contributed by atoms with Crippen LogP contribution in [0.3, 0.4) is 0 Å². The van der Waals surface area contributed by atoms with Crippen molar-refractivity contribution in [1.82, 2.24) is 4.98 Å². The lowest BCUT2D eigenvalue weighted by atomic mass is 10.2. The van der Waals surface area contributed by atoms with E-state index in [0.717, 1.165) is 0 Å². The van der Waals surface area contributed by atoms with Crippen molar-refractivity contribution in [2.75, 3.05) is 5.32 Å². The molecule has 1 aliphatic rings. The number of nitrogens with one attached hydrogen (secondary N) is 1. The molecule has 0 unspecified atom stereocenters. The van der Waals surface area contributed by atoms with Crippen molar-refractivity contribution in [1.29, 1.82) is 0 Å². The van der Waals surface area contributed by atoms with Crippen LogP contribution in [0.15, 0.2) is 42.7 Å². The van der Waals surface area contributed by atoms with Crippen LogP contribution in [-0.4, -0.2) is 10.9 Å². The molecule has 78 valence electrons. The van der Waals surface area contributed by atoms with E-state index < -0.39 is 0 Å². The van der Waals surface area contributed by atoms with Gasteiger partial charge in [-0.2, -0.15) is 0 Å². The minimum Gasteiger partial charge on any atom is -0.453 e. The lowest BCUT2D eigenvalue weighted by Crippen LogP contribution is -2.10. The summed E-state index contributed by atoms with van der Waals surface area (Å²) >= 11 is 0. The fourth-order valence-corrected chi connectivity index (χ4v) is 1.62. The second-order valence-corrected chi connectivity index (χ2v) is 3.42. The Bertz CT molecular complexity index is 566. The van der Waals surface area contributed by atoms with Crippen molar-refractivity contribution in [3.63, 3.8) is 0 Å². The fourth-order valence-electron chi connectivity index (χ4n) is 1.62. The van der Waals surface area contributed by atoms with E-state index in [0.29, 0.717) is 22.7 Å². The summed E-state index contributed by atoms with van der Waals surface area (Å²) in [6, 6.07) is 8.82. The van der Waals surface area contributed by atoms with Gasteiger partial charge in [-0.05, 0) is 18.2 Å². The van der Waals surface area contributed by atoms with Gasteiger partial charge in [-0.1, -0.05) is 12.1 Å². The normalized spacial score (nSPS) is 12.9. The Morgan fingerprint density at radius 3 is 2.94 bits per heavy atom. The SMILES string of the molecule is O=C1Nc2ccncc2Oc2ccccc21. The summed E-state index contributed by atoms with van der Waals surface area (Å²) in [5, 5.41) is 2.77. The van der Waals surface area contributed by atoms with Gasteiger partial charge in [0.25, 0.3) is 5.91 Å². The number of carbonyl (C=O) groups is 1. The molecular weight excluding hydrogens is 204 g/mol. The van der Waals surface area contributed by atoms with Crippen molar-refractivity contribution >= 4 is 11.6 Å². The zero-order valence-corrected chi connectivity index (χ0v) is 8.31. The maximum atomic E-state index is 11.9. The predicted molar refractivity (Wildman–Crippen MR) is 58.7 cm³/mol. The molecule has 2 heterocycles. The van der Waals surface area contributed by atoms with Crippen molar-refractivity contribution in [2.45, 2.75) is 0 Å². The van der Waals surface area contributed by atoms with E-state index in [4.69, 9.17) is 4.74 Å². The molecular formula is C12H8N2O2. The highest BCUT2D eigenvalue weighted by atomic mass is 16.5. The van der Waals surface area contributed by atoms with Gasteiger partial charge in [0.1, 0.15) is 5.75 Å². The highest BCUT2D eigenvalue weighted by molar-refractivity contribution is 6.07. The van der Waals surface area contributed by atoms with Gasteiger partial charge in [0.15, 0.2) is 5.75 Å². The number of rotatable bonds is 0. The average Bonchev–Trinajstić information content (AvgIpc) is 2.45. The third kappa shape index (κ3) is 1.32. The summed E-state index contributed by atoms with van der Waals surface area (Å²) in [5.74, 6) is 0.938. The number of ether oxygens (including phenoxy) is 1. The maximum absolute atomic E-state index is 11.9. The first kappa shape index (κ1) is 8.91. The summed E-state index contributed by atoms with van der Waals surface area (Å²) in [6.45, 7) is 0. The third-order valence-corrected chi connectivity index (χ3v) is 2.38. The van der Waals surface area contributed by atoms with Crippen LogP contribution in [0.4, 0.5) is 5.69 Å². The Morgan fingerprint density at radius 2 is 2.00 bits per heavy atom. The largest absolute Gasteiger partial charge is 0.453 e. The van der Waals surface area contributed by atoms with Gasteiger partial charge in [0.2, 0.25) is 0 Å². The number of hydrogen-bond acceptors (Lipinski definition) is 3. The lowest BCUT2D eigenvalue weighted by molar-refractivity contribution is 0.102. The van der Waals surface area contributed by atoms with E-state index in [-0.39, 0.29) is 5.91 Å². The molecule has 2 aromatic rings. The van der Waals surface area contributed by atoms with Gasteiger partial charge in [-0.3, -0.25) is 9.78 Å². The third-order valence-electron chi connectivity index (χ3n) is 2.38. The molecule has 0 saturated carbocycles. The lowest BCUT2D eigenvalue weighted by Gasteiger charge is -2.05. The monoisotopic (exact) mass is 212 g/mol. The molecule has 0 aliphatic carbocycles. The van der Waals surface area contributed by atoms with Crippen LogP contribution >= 0.6 is 0 Å². The highest BCUT2D eigenvalue weighted by Crippen LogP contribution is 2.34. The Kier molecular flexibility index (Phi) is 1.86. The minimum atomic E-state index is -0.166. The molecule has 16 heavy (non-hydrogen) atoms. The second kappa shape index (κ2) is 3.34. The fraction of sp³-hybridized carbons (Fsp3) is 0. The van der Waals surface area contributed by atoms with Gasteiger partial charge >= 0.3 is 0 Å². The van der Waals surface area contributed by atoms with Crippen LogP contribution in [0.1, 0.15) is 10.4 Å².